The third-order valence-corrected chi connectivity index (χ3v) is 6.31. The third-order valence-electron chi connectivity index (χ3n) is 5.90. The highest BCUT2D eigenvalue weighted by molar-refractivity contribution is 6.32. The molecular formula is C25H22ClNO5. The molecule has 0 fully saturated rings. The molecule has 3 aromatic rings. The van der Waals surface area contributed by atoms with Crippen molar-refractivity contribution < 1.29 is 24.2 Å². The Labute approximate surface area is 190 Å². The molecule has 0 bridgehead atoms. The van der Waals surface area contributed by atoms with Gasteiger partial charge < -0.3 is 19.9 Å². The topological polar surface area (TPSA) is 84.9 Å². The Balaban J connectivity index is 1.90. The van der Waals surface area contributed by atoms with Gasteiger partial charge >= 0.3 is 0 Å². The second kappa shape index (κ2) is 8.30. The third kappa shape index (κ3) is 3.42. The van der Waals surface area contributed by atoms with Crippen LogP contribution in [0.15, 0.2) is 60.7 Å². The van der Waals surface area contributed by atoms with Crippen LogP contribution in [0.4, 0.5) is 5.69 Å². The first-order valence-corrected chi connectivity index (χ1v) is 10.3. The summed E-state index contributed by atoms with van der Waals surface area (Å²) in [5.74, 6) is -1.11. The maximum absolute atomic E-state index is 13.8. The predicted octanol–water partition coefficient (Wildman–Crippen LogP) is 4.47. The number of ketones is 1. The van der Waals surface area contributed by atoms with E-state index in [4.69, 9.17) is 21.1 Å². The molecule has 0 spiro atoms. The van der Waals surface area contributed by atoms with Crippen LogP contribution in [0.2, 0.25) is 5.02 Å². The fourth-order valence-electron chi connectivity index (χ4n) is 4.08. The lowest BCUT2D eigenvalue weighted by molar-refractivity contribution is -0.135. The number of hydrogen-bond donors (Lipinski definition) is 2. The number of halogens is 1. The van der Waals surface area contributed by atoms with Crippen molar-refractivity contribution in [2.45, 2.75) is 18.4 Å². The van der Waals surface area contributed by atoms with Gasteiger partial charge in [0.15, 0.2) is 11.4 Å². The predicted molar refractivity (Wildman–Crippen MR) is 122 cm³/mol. The van der Waals surface area contributed by atoms with Crippen LogP contribution in [0.3, 0.4) is 0 Å². The van der Waals surface area contributed by atoms with Gasteiger partial charge in [0, 0.05) is 16.1 Å². The molecule has 6 nitrogen and oxygen atoms in total. The molecule has 0 saturated carbocycles. The molecule has 3 aromatic carbocycles. The number of anilines is 1. The Morgan fingerprint density at radius 1 is 0.969 bits per heavy atom. The molecule has 1 aliphatic heterocycles. The highest BCUT2D eigenvalue weighted by Gasteiger charge is 2.55. The number of ether oxygens (including phenoxy) is 2. The van der Waals surface area contributed by atoms with Gasteiger partial charge in [-0.1, -0.05) is 29.8 Å². The normalized spacial score (nSPS) is 18.0. The molecule has 2 atom stereocenters. The molecule has 0 unspecified atom stereocenters. The minimum Gasteiger partial charge on any atom is -0.497 e. The highest BCUT2D eigenvalue weighted by atomic mass is 35.5. The molecule has 1 aliphatic rings. The summed E-state index contributed by atoms with van der Waals surface area (Å²) in [6.45, 7) is 1.75. The zero-order valence-electron chi connectivity index (χ0n) is 17.8. The highest BCUT2D eigenvalue weighted by Crippen LogP contribution is 2.49. The number of amides is 1. The molecule has 0 saturated heterocycles. The molecule has 2 N–H and O–H groups in total. The summed E-state index contributed by atoms with van der Waals surface area (Å²) in [6.07, 6.45) is 0. The average Bonchev–Trinajstić information content (AvgIpc) is 3.08. The Kier molecular flexibility index (Phi) is 5.67. The van der Waals surface area contributed by atoms with Gasteiger partial charge in [0.1, 0.15) is 11.5 Å². The zero-order valence-corrected chi connectivity index (χ0v) is 18.6. The molecule has 32 heavy (non-hydrogen) atoms. The number of hydrogen-bond acceptors (Lipinski definition) is 5. The summed E-state index contributed by atoms with van der Waals surface area (Å²) in [5.41, 5.74) is 0.0460. The van der Waals surface area contributed by atoms with Gasteiger partial charge in [-0.05, 0) is 60.5 Å². The number of rotatable bonds is 6. The Hall–Kier alpha value is -3.35. The maximum atomic E-state index is 13.8. The van der Waals surface area contributed by atoms with Crippen LogP contribution in [0, 0.1) is 6.92 Å². The monoisotopic (exact) mass is 451 g/mol. The molecule has 0 aliphatic carbocycles. The van der Waals surface area contributed by atoms with E-state index >= 15 is 0 Å². The van der Waals surface area contributed by atoms with E-state index in [2.05, 4.69) is 5.32 Å². The molecule has 164 valence electrons. The molecule has 7 heteroatoms. The Morgan fingerprint density at radius 3 is 2.09 bits per heavy atom. The second-order valence-electron chi connectivity index (χ2n) is 7.61. The van der Waals surface area contributed by atoms with Gasteiger partial charge in [0.05, 0.1) is 25.8 Å². The fraction of sp³-hybridized carbons (Fsp3) is 0.200. The van der Waals surface area contributed by atoms with Crippen LogP contribution in [0.1, 0.15) is 33.0 Å². The van der Waals surface area contributed by atoms with Crippen LogP contribution < -0.4 is 14.8 Å². The van der Waals surface area contributed by atoms with E-state index in [0.29, 0.717) is 44.5 Å². The summed E-state index contributed by atoms with van der Waals surface area (Å²) in [4.78, 5) is 27.0. The minimum absolute atomic E-state index is 0.312. The van der Waals surface area contributed by atoms with E-state index < -0.39 is 23.2 Å². The van der Waals surface area contributed by atoms with E-state index in [0.717, 1.165) is 0 Å². The van der Waals surface area contributed by atoms with E-state index in [1.807, 2.05) is 0 Å². The first-order chi connectivity index (χ1) is 15.3. The van der Waals surface area contributed by atoms with Crippen LogP contribution in [-0.4, -0.2) is 31.0 Å². The van der Waals surface area contributed by atoms with Crippen molar-refractivity contribution in [2.75, 3.05) is 19.5 Å². The lowest BCUT2D eigenvalue weighted by atomic mass is 9.74. The summed E-state index contributed by atoms with van der Waals surface area (Å²) >= 11 is 6.22. The zero-order chi connectivity index (χ0) is 23.0. The number of aliphatic hydroxyl groups is 1. The van der Waals surface area contributed by atoms with Crippen molar-refractivity contribution in [1.82, 2.24) is 0 Å². The van der Waals surface area contributed by atoms with Crippen molar-refractivity contribution in [1.29, 1.82) is 0 Å². The lowest BCUT2D eigenvalue weighted by Gasteiger charge is -2.31. The summed E-state index contributed by atoms with van der Waals surface area (Å²) < 4.78 is 10.4. The molecule has 0 radical (unpaired) electrons. The van der Waals surface area contributed by atoms with Crippen LogP contribution in [0.25, 0.3) is 0 Å². The van der Waals surface area contributed by atoms with Crippen molar-refractivity contribution in [2.24, 2.45) is 0 Å². The first-order valence-electron chi connectivity index (χ1n) is 9.97. The fourth-order valence-corrected chi connectivity index (χ4v) is 4.24. The minimum atomic E-state index is -2.13. The lowest BCUT2D eigenvalue weighted by Crippen LogP contribution is -2.44. The number of nitrogens with one attached hydrogen (secondary N) is 1. The summed E-state index contributed by atoms with van der Waals surface area (Å²) in [5, 5.41) is 15.0. The summed E-state index contributed by atoms with van der Waals surface area (Å²) in [6, 6.07) is 16.5. The van der Waals surface area contributed by atoms with Gasteiger partial charge in [-0.2, -0.15) is 0 Å². The smallest absolute Gasteiger partial charge is 0.262 e. The van der Waals surface area contributed by atoms with Gasteiger partial charge in [0.25, 0.3) is 5.91 Å². The van der Waals surface area contributed by atoms with Gasteiger partial charge in [0.2, 0.25) is 0 Å². The molecule has 4 rings (SSSR count). The quantitative estimate of drug-likeness (QED) is 0.540. The Morgan fingerprint density at radius 2 is 1.53 bits per heavy atom. The van der Waals surface area contributed by atoms with E-state index in [9.17, 15) is 14.7 Å². The second-order valence-corrected chi connectivity index (χ2v) is 8.02. The number of carbonyl (C=O) groups excluding carboxylic acids is 2. The molecule has 0 aromatic heterocycles. The van der Waals surface area contributed by atoms with E-state index in [-0.39, 0.29) is 0 Å². The van der Waals surface area contributed by atoms with Gasteiger partial charge in [-0.15, -0.1) is 0 Å². The summed E-state index contributed by atoms with van der Waals surface area (Å²) in [7, 11) is 3.07. The van der Waals surface area contributed by atoms with Crippen LogP contribution in [0.5, 0.6) is 11.5 Å². The largest absolute Gasteiger partial charge is 0.497 e. The van der Waals surface area contributed by atoms with E-state index in [1.54, 1.807) is 67.6 Å². The van der Waals surface area contributed by atoms with Crippen molar-refractivity contribution in [3.63, 3.8) is 0 Å². The number of fused-ring (bicyclic) bond motifs is 1. The van der Waals surface area contributed by atoms with Crippen LogP contribution in [-0.2, 0) is 10.4 Å². The molecular weight excluding hydrogens is 430 g/mol. The van der Waals surface area contributed by atoms with Gasteiger partial charge in [-0.3, -0.25) is 9.59 Å². The SMILES string of the molecule is COc1ccc(C(=O)[C@@H](c2ccc(OC)cc2)[C@]2(O)C(=O)Nc3c2ccc(Cl)c3C)cc1. The number of carbonyl (C=O) groups is 2. The molecule has 1 heterocycles. The standard InChI is InChI=1S/C25H22ClNO5/c1-14-20(26)13-12-19-22(14)27-24(29)25(19,30)21(15-4-8-17(31-2)9-5-15)23(28)16-6-10-18(32-3)11-7-16/h4-13,21,30H,1-3H3,(H,27,29)/t21-,25+/m1/s1. The first kappa shape index (κ1) is 21.9. The maximum Gasteiger partial charge on any atom is 0.262 e. The van der Waals surface area contributed by atoms with Crippen molar-refractivity contribution in [3.8, 4) is 11.5 Å². The van der Waals surface area contributed by atoms with Crippen molar-refractivity contribution >= 4 is 29.0 Å². The average molecular weight is 452 g/mol. The van der Waals surface area contributed by atoms with Gasteiger partial charge in [-0.25, -0.2) is 0 Å². The number of Topliss-reactive ketones (excluding diaryl/α,β-unsaturated/α-hetero) is 1. The van der Waals surface area contributed by atoms with Crippen LogP contribution >= 0.6 is 11.6 Å². The van der Waals surface area contributed by atoms with E-state index in [1.165, 1.54) is 14.2 Å². The van der Waals surface area contributed by atoms with Crippen molar-refractivity contribution in [3.05, 3.63) is 87.9 Å². The number of benzene rings is 3. The number of methoxy groups -OCH3 is 2. The molecule has 1 amide bonds. The Bertz CT molecular complexity index is 1190.